The van der Waals surface area contributed by atoms with Crippen LogP contribution in [0.1, 0.15) is 44.7 Å². The minimum atomic E-state index is 0.454. The standard InChI is InChI=1S/C13H19N3/c1-10(2)12-8-13(15-9-14-12)16-11-6-4-3-5-7-11/h3-4,8-11H,5-7H2,1-2H3,(H,14,15,16). The topological polar surface area (TPSA) is 37.8 Å². The Kier molecular flexibility index (Phi) is 3.54. The first-order valence-electron chi connectivity index (χ1n) is 5.99. The number of hydrogen-bond acceptors (Lipinski definition) is 3. The fourth-order valence-corrected chi connectivity index (χ4v) is 1.90. The normalized spacial score (nSPS) is 20.1. The number of aromatic nitrogens is 2. The Morgan fingerprint density at radius 2 is 2.19 bits per heavy atom. The van der Waals surface area contributed by atoms with Crippen molar-refractivity contribution in [3.63, 3.8) is 0 Å². The lowest BCUT2D eigenvalue weighted by atomic mass is 10.0. The molecule has 2 rings (SSSR count). The Hall–Kier alpha value is -1.38. The van der Waals surface area contributed by atoms with E-state index in [1.54, 1.807) is 6.33 Å². The summed E-state index contributed by atoms with van der Waals surface area (Å²) in [4.78, 5) is 8.54. The van der Waals surface area contributed by atoms with Gasteiger partial charge >= 0.3 is 0 Å². The Morgan fingerprint density at radius 1 is 1.31 bits per heavy atom. The molecule has 0 amide bonds. The molecule has 0 aliphatic heterocycles. The fraction of sp³-hybridized carbons (Fsp3) is 0.538. The molecule has 1 heterocycles. The van der Waals surface area contributed by atoms with Gasteiger partial charge in [-0.3, -0.25) is 0 Å². The molecule has 1 unspecified atom stereocenters. The van der Waals surface area contributed by atoms with Gasteiger partial charge in [0.25, 0.3) is 0 Å². The molecule has 1 aliphatic rings. The zero-order chi connectivity index (χ0) is 11.4. The Labute approximate surface area is 97.0 Å². The third kappa shape index (κ3) is 2.81. The first-order valence-corrected chi connectivity index (χ1v) is 5.99. The number of nitrogens with one attached hydrogen (secondary N) is 1. The van der Waals surface area contributed by atoms with Crippen LogP contribution in [-0.2, 0) is 0 Å². The summed E-state index contributed by atoms with van der Waals surface area (Å²) in [6.45, 7) is 4.30. The van der Waals surface area contributed by atoms with Crippen LogP contribution in [0.4, 0.5) is 5.82 Å². The summed E-state index contributed by atoms with van der Waals surface area (Å²) in [5.41, 5.74) is 1.10. The quantitative estimate of drug-likeness (QED) is 0.790. The van der Waals surface area contributed by atoms with Gasteiger partial charge in [-0.1, -0.05) is 26.0 Å². The van der Waals surface area contributed by atoms with E-state index in [4.69, 9.17) is 0 Å². The van der Waals surface area contributed by atoms with Crippen LogP contribution in [0.2, 0.25) is 0 Å². The van der Waals surface area contributed by atoms with E-state index in [9.17, 15) is 0 Å². The molecule has 3 heteroatoms. The van der Waals surface area contributed by atoms with Crippen LogP contribution in [0, 0.1) is 0 Å². The average molecular weight is 217 g/mol. The maximum atomic E-state index is 4.27. The predicted molar refractivity (Wildman–Crippen MR) is 66.5 cm³/mol. The smallest absolute Gasteiger partial charge is 0.129 e. The van der Waals surface area contributed by atoms with Crippen molar-refractivity contribution in [2.45, 2.75) is 45.1 Å². The summed E-state index contributed by atoms with van der Waals surface area (Å²) in [6, 6.07) is 2.59. The van der Waals surface area contributed by atoms with Crippen molar-refractivity contribution < 1.29 is 0 Å². The van der Waals surface area contributed by atoms with E-state index in [0.717, 1.165) is 17.9 Å². The van der Waals surface area contributed by atoms with Gasteiger partial charge in [-0.25, -0.2) is 9.97 Å². The molecule has 1 N–H and O–H groups in total. The Balaban J connectivity index is 2.03. The van der Waals surface area contributed by atoms with Gasteiger partial charge in [-0.15, -0.1) is 0 Å². The number of anilines is 1. The number of allylic oxidation sites excluding steroid dienone is 1. The zero-order valence-corrected chi connectivity index (χ0v) is 9.98. The van der Waals surface area contributed by atoms with Crippen molar-refractivity contribution in [3.8, 4) is 0 Å². The van der Waals surface area contributed by atoms with Gasteiger partial charge in [-0.2, -0.15) is 0 Å². The van der Waals surface area contributed by atoms with Crippen molar-refractivity contribution in [1.82, 2.24) is 9.97 Å². The average Bonchev–Trinajstić information content (AvgIpc) is 2.30. The third-order valence-electron chi connectivity index (χ3n) is 2.90. The summed E-state index contributed by atoms with van der Waals surface area (Å²) in [5.74, 6) is 1.41. The van der Waals surface area contributed by atoms with Crippen LogP contribution in [0.5, 0.6) is 0 Å². The molecule has 0 aromatic carbocycles. The molecule has 0 saturated carbocycles. The molecule has 1 aromatic heterocycles. The van der Waals surface area contributed by atoms with E-state index in [1.807, 2.05) is 0 Å². The minimum absolute atomic E-state index is 0.454. The predicted octanol–water partition coefficient (Wildman–Crippen LogP) is 3.12. The van der Waals surface area contributed by atoms with Crippen molar-refractivity contribution in [2.75, 3.05) is 5.32 Å². The molecule has 1 aliphatic carbocycles. The molecule has 0 radical (unpaired) electrons. The minimum Gasteiger partial charge on any atom is -0.367 e. The molecule has 1 aromatic rings. The molecule has 0 bridgehead atoms. The summed E-state index contributed by atoms with van der Waals surface area (Å²) in [7, 11) is 0. The number of rotatable bonds is 3. The lowest BCUT2D eigenvalue weighted by Gasteiger charge is -2.20. The van der Waals surface area contributed by atoms with E-state index in [2.05, 4.69) is 47.4 Å². The molecular formula is C13H19N3. The first-order chi connectivity index (χ1) is 7.75. The van der Waals surface area contributed by atoms with Crippen LogP contribution in [0.25, 0.3) is 0 Å². The van der Waals surface area contributed by atoms with E-state index in [-0.39, 0.29) is 0 Å². The molecule has 3 nitrogen and oxygen atoms in total. The number of nitrogens with zero attached hydrogens (tertiary/aromatic N) is 2. The molecule has 1 atom stereocenters. The third-order valence-corrected chi connectivity index (χ3v) is 2.90. The van der Waals surface area contributed by atoms with Crippen LogP contribution in [0.3, 0.4) is 0 Å². The molecular weight excluding hydrogens is 198 g/mol. The van der Waals surface area contributed by atoms with E-state index < -0.39 is 0 Å². The highest BCUT2D eigenvalue weighted by atomic mass is 15.0. The monoisotopic (exact) mass is 217 g/mol. The SMILES string of the molecule is CC(C)c1cc(NC2CC=CCC2)ncn1. The Morgan fingerprint density at radius 3 is 2.88 bits per heavy atom. The van der Waals surface area contributed by atoms with E-state index in [1.165, 1.54) is 12.8 Å². The van der Waals surface area contributed by atoms with Crippen molar-refractivity contribution in [3.05, 3.63) is 30.2 Å². The summed E-state index contributed by atoms with van der Waals surface area (Å²) in [5, 5.41) is 3.47. The summed E-state index contributed by atoms with van der Waals surface area (Å²) >= 11 is 0. The molecule has 0 fully saturated rings. The van der Waals surface area contributed by atoms with Crippen LogP contribution in [0.15, 0.2) is 24.5 Å². The first kappa shape index (κ1) is 11.1. The summed E-state index contributed by atoms with van der Waals surface area (Å²) in [6.07, 6.45) is 9.60. The molecule has 86 valence electrons. The second-order valence-electron chi connectivity index (χ2n) is 4.61. The van der Waals surface area contributed by atoms with Gasteiger partial charge in [-0.05, 0) is 25.2 Å². The largest absolute Gasteiger partial charge is 0.367 e. The molecule has 0 saturated heterocycles. The molecule has 0 spiro atoms. The van der Waals surface area contributed by atoms with Crippen LogP contribution >= 0.6 is 0 Å². The van der Waals surface area contributed by atoms with Gasteiger partial charge < -0.3 is 5.32 Å². The highest BCUT2D eigenvalue weighted by Gasteiger charge is 2.10. The lowest BCUT2D eigenvalue weighted by molar-refractivity contribution is 0.641. The van der Waals surface area contributed by atoms with Gasteiger partial charge in [0.1, 0.15) is 12.1 Å². The van der Waals surface area contributed by atoms with Gasteiger partial charge in [0.2, 0.25) is 0 Å². The van der Waals surface area contributed by atoms with Crippen molar-refractivity contribution in [1.29, 1.82) is 0 Å². The van der Waals surface area contributed by atoms with Crippen molar-refractivity contribution >= 4 is 5.82 Å². The van der Waals surface area contributed by atoms with Crippen molar-refractivity contribution in [2.24, 2.45) is 0 Å². The van der Waals surface area contributed by atoms with Crippen LogP contribution in [-0.4, -0.2) is 16.0 Å². The molecule has 16 heavy (non-hydrogen) atoms. The fourth-order valence-electron chi connectivity index (χ4n) is 1.90. The highest BCUT2D eigenvalue weighted by Crippen LogP contribution is 2.18. The van der Waals surface area contributed by atoms with Gasteiger partial charge in [0, 0.05) is 17.8 Å². The second kappa shape index (κ2) is 5.10. The van der Waals surface area contributed by atoms with E-state index in [0.29, 0.717) is 12.0 Å². The van der Waals surface area contributed by atoms with E-state index >= 15 is 0 Å². The summed E-state index contributed by atoms with van der Waals surface area (Å²) < 4.78 is 0. The maximum absolute atomic E-state index is 4.27. The second-order valence-corrected chi connectivity index (χ2v) is 4.61. The number of hydrogen-bond donors (Lipinski definition) is 1. The maximum Gasteiger partial charge on any atom is 0.129 e. The zero-order valence-electron chi connectivity index (χ0n) is 9.98. The lowest BCUT2D eigenvalue weighted by Crippen LogP contribution is -2.21. The van der Waals surface area contributed by atoms with Gasteiger partial charge in [0.15, 0.2) is 0 Å². The van der Waals surface area contributed by atoms with Crippen LogP contribution < -0.4 is 5.32 Å². The Bertz CT molecular complexity index is 371. The highest BCUT2D eigenvalue weighted by molar-refractivity contribution is 5.37. The van der Waals surface area contributed by atoms with Gasteiger partial charge in [0.05, 0.1) is 0 Å².